The van der Waals surface area contributed by atoms with Gasteiger partial charge in [0, 0.05) is 19.0 Å². The van der Waals surface area contributed by atoms with Crippen LogP contribution in [-0.4, -0.2) is 35.3 Å². The number of aryl methyl sites for hydroxylation is 2. The van der Waals surface area contributed by atoms with Crippen molar-refractivity contribution in [3.63, 3.8) is 0 Å². The van der Waals surface area contributed by atoms with Gasteiger partial charge in [-0.15, -0.1) is 0 Å². The fraction of sp³-hybridized carbons (Fsp3) is 0.238. The number of hydrogen-bond acceptors (Lipinski definition) is 7. The van der Waals surface area contributed by atoms with Crippen LogP contribution in [0.4, 0.5) is 10.3 Å². The maximum atomic E-state index is 14.2. The van der Waals surface area contributed by atoms with Gasteiger partial charge in [-0.3, -0.25) is 4.79 Å². The Bertz CT molecular complexity index is 1330. The van der Waals surface area contributed by atoms with Crippen molar-refractivity contribution in [1.29, 1.82) is 0 Å². The highest BCUT2D eigenvalue weighted by molar-refractivity contribution is 6.00. The number of aromatic nitrogens is 6. The molecule has 1 aromatic carbocycles. The molecular weight excluding hydrogens is 385 g/mol. The number of hydrogen-bond donors (Lipinski definition) is 1. The summed E-state index contributed by atoms with van der Waals surface area (Å²) >= 11 is 0. The van der Waals surface area contributed by atoms with Gasteiger partial charge in [-0.25, -0.2) is 29.3 Å². The molecule has 0 spiro atoms. The van der Waals surface area contributed by atoms with Crippen LogP contribution in [-0.2, 0) is 13.5 Å². The normalized spacial score (nSPS) is 16.1. The largest absolute Gasteiger partial charge is 0.368 e. The smallest absolute Gasteiger partial charge is 0.220 e. The first-order chi connectivity index (χ1) is 14.4. The van der Waals surface area contributed by atoms with E-state index in [4.69, 9.17) is 5.73 Å². The molecule has 3 aromatic heterocycles. The molecule has 0 aliphatic heterocycles. The van der Waals surface area contributed by atoms with Gasteiger partial charge < -0.3 is 10.3 Å². The summed E-state index contributed by atoms with van der Waals surface area (Å²) in [6.07, 6.45) is 4.00. The highest BCUT2D eigenvalue weighted by atomic mass is 19.1. The number of rotatable bonds is 2. The molecule has 2 N–H and O–H groups in total. The van der Waals surface area contributed by atoms with Crippen LogP contribution in [0, 0.1) is 12.7 Å². The molecule has 0 radical (unpaired) electrons. The lowest BCUT2D eigenvalue weighted by Crippen LogP contribution is -2.23. The van der Waals surface area contributed by atoms with Crippen molar-refractivity contribution in [2.75, 3.05) is 5.73 Å². The number of carbonyl (C=O) groups is 1. The van der Waals surface area contributed by atoms with Crippen LogP contribution in [0.1, 0.15) is 39.6 Å². The number of imidazole rings is 1. The zero-order valence-corrected chi connectivity index (χ0v) is 16.4. The van der Waals surface area contributed by atoms with Crippen molar-refractivity contribution < 1.29 is 9.18 Å². The van der Waals surface area contributed by atoms with Crippen molar-refractivity contribution in [3.8, 4) is 11.3 Å². The fourth-order valence-corrected chi connectivity index (χ4v) is 4.15. The number of fused-ring (bicyclic) bond motifs is 2. The van der Waals surface area contributed by atoms with Gasteiger partial charge in [-0.05, 0) is 37.0 Å². The van der Waals surface area contributed by atoms with E-state index in [0.29, 0.717) is 45.9 Å². The molecule has 0 fully saturated rings. The van der Waals surface area contributed by atoms with Crippen LogP contribution >= 0.6 is 0 Å². The molecule has 0 saturated carbocycles. The molecule has 4 aromatic rings. The fourth-order valence-electron chi connectivity index (χ4n) is 4.15. The second kappa shape index (κ2) is 6.65. The predicted octanol–water partition coefficient (Wildman–Crippen LogP) is 2.76. The van der Waals surface area contributed by atoms with Crippen LogP contribution in [0.15, 0.2) is 30.7 Å². The Kier molecular flexibility index (Phi) is 4.05. The lowest BCUT2D eigenvalue weighted by molar-refractivity contribution is 0.0962. The predicted molar refractivity (Wildman–Crippen MR) is 108 cm³/mol. The number of benzene rings is 1. The third kappa shape index (κ3) is 2.90. The van der Waals surface area contributed by atoms with E-state index in [9.17, 15) is 9.18 Å². The average Bonchev–Trinajstić information content (AvgIpc) is 3.07. The quantitative estimate of drug-likeness (QED) is 0.547. The van der Waals surface area contributed by atoms with Crippen molar-refractivity contribution in [2.24, 2.45) is 7.05 Å². The van der Waals surface area contributed by atoms with E-state index >= 15 is 0 Å². The van der Waals surface area contributed by atoms with Gasteiger partial charge >= 0.3 is 0 Å². The van der Waals surface area contributed by atoms with Crippen molar-refractivity contribution >= 4 is 23.0 Å². The monoisotopic (exact) mass is 403 g/mol. The number of nitrogens with two attached hydrogens (primary N) is 1. The molecule has 1 aliphatic carbocycles. The first kappa shape index (κ1) is 18.3. The third-order valence-electron chi connectivity index (χ3n) is 5.49. The van der Waals surface area contributed by atoms with Crippen molar-refractivity contribution in [2.45, 2.75) is 25.7 Å². The van der Waals surface area contributed by atoms with Gasteiger partial charge in [0.2, 0.25) is 5.95 Å². The molecule has 0 bridgehead atoms. The Morgan fingerprint density at radius 2 is 2.00 bits per heavy atom. The summed E-state index contributed by atoms with van der Waals surface area (Å²) in [5, 5.41) is 0. The Balaban J connectivity index is 1.63. The van der Waals surface area contributed by atoms with Gasteiger partial charge in [0.15, 0.2) is 17.1 Å². The summed E-state index contributed by atoms with van der Waals surface area (Å²) in [5.74, 6) is -0.460. The van der Waals surface area contributed by atoms with Crippen LogP contribution in [0.3, 0.4) is 0 Å². The van der Waals surface area contributed by atoms with Gasteiger partial charge in [-0.1, -0.05) is 6.07 Å². The minimum absolute atomic E-state index is 0.0396. The number of anilines is 1. The molecule has 1 atom stereocenters. The summed E-state index contributed by atoms with van der Waals surface area (Å²) < 4.78 is 15.9. The highest BCUT2D eigenvalue weighted by Gasteiger charge is 2.31. The molecule has 9 heteroatoms. The van der Waals surface area contributed by atoms with Crippen LogP contribution in [0.5, 0.6) is 0 Å². The van der Waals surface area contributed by atoms with E-state index < -0.39 is 0 Å². The molecule has 0 amide bonds. The van der Waals surface area contributed by atoms with Gasteiger partial charge in [0.25, 0.3) is 0 Å². The van der Waals surface area contributed by atoms with E-state index in [1.54, 1.807) is 30.1 Å². The number of halogens is 1. The molecule has 1 unspecified atom stereocenters. The van der Waals surface area contributed by atoms with Crippen LogP contribution in [0.25, 0.3) is 22.6 Å². The van der Waals surface area contributed by atoms with E-state index in [2.05, 4.69) is 24.9 Å². The van der Waals surface area contributed by atoms with Gasteiger partial charge in [-0.2, -0.15) is 0 Å². The lowest BCUT2D eigenvalue weighted by atomic mass is 9.79. The summed E-state index contributed by atoms with van der Waals surface area (Å²) in [4.78, 5) is 34.4. The van der Waals surface area contributed by atoms with Crippen molar-refractivity contribution in [3.05, 3.63) is 59.1 Å². The topological polar surface area (TPSA) is 112 Å². The zero-order valence-electron chi connectivity index (χ0n) is 16.4. The number of nitrogen functional groups attached to an aromatic ring is 1. The van der Waals surface area contributed by atoms with Crippen LogP contribution < -0.4 is 5.73 Å². The lowest BCUT2D eigenvalue weighted by Gasteiger charge is -2.26. The number of Topliss-reactive ketones (excluding diaryl/α,β-unsaturated/α-hetero) is 1. The highest BCUT2D eigenvalue weighted by Crippen LogP contribution is 2.38. The molecule has 8 nitrogen and oxygen atoms in total. The molecular formula is C21H18FN7O. The molecule has 150 valence electrons. The minimum atomic E-state index is -0.384. The Hall–Kier alpha value is -3.75. The van der Waals surface area contributed by atoms with E-state index in [1.807, 2.05) is 7.05 Å². The van der Waals surface area contributed by atoms with Crippen molar-refractivity contribution in [1.82, 2.24) is 29.5 Å². The summed E-state index contributed by atoms with van der Waals surface area (Å²) in [5.41, 5.74) is 10.6. The average molecular weight is 403 g/mol. The second-order valence-electron chi connectivity index (χ2n) is 7.51. The van der Waals surface area contributed by atoms with Crippen LogP contribution in [0.2, 0.25) is 0 Å². The maximum Gasteiger partial charge on any atom is 0.220 e. The maximum absolute atomic E-state index is 14.2. The Morgan fingerprint density at radius 3 is 2.83 bits per heavy atom. The van der Waals surface area contributed by atoms with Gasteiger partial charge in [0.1, 0.15) is 5.82 Å². The molecule has 5 rings (SSSR count). The third-order valence-corrected chi connectivity index (χ3v) is 5.49. The number of nitrogens with zero attached hydrogens (tertiary/aromatic N) is 6. The number of ketones is 1. The molecule has 30 heavy (non-hydrogen) atoms. The first-order valence-electron chi connectivity index (χ1n) is 9.51. The summed E-state index contributed by atoms with van der Waals surface area (Å²) in [7, 11) is 1.82. The second-order valence-corrected chi connectivity index (χ2v) is 7.51. The number of carbonyl (C=O) groups excluding carboxylic acids is 1. The zero-order chi connectivity index (χ0) is 21.0. The molecule has 0 saturated heterocycles. The molecule has 1 aliphatic rings. The standard InChI is InChI=1S/C21H18FN7O/c1-10-18-15(28-21(23)26-10)5-11(6-17(18)30)13-4-3-12(22)7-14(13)16-8-24-19-20(27-16)29(2)9-25-19/h3-4,7-9,11H,5-6H2,1-2H3,(H2,23,26,28). The summed E-state index contributed by atoms with van der Waals surface area (Å²) in [6, 6.07) is 4.54. The SMILES string of the molecule is Cc1nc(N)nc2c1C(=O)CC(c1ccc(F)cc1-c1cnc3ncn(C)c3n1)C2. The summed E-state index contributed by atoms with van der Waals surface area (Å²) in [6.45, 7) is 1.76. The first-order valence-corrected chi connectivity index (χ1v) is 9.51. The van der Waals surface area contributed by atoms with E-state index in [0.717, 1.165) is 5.56 Å². The van der Waals surface area contributed by atoms with Gasteiger partial charge in [0.05, 0.1) is 35.2 Å². The molecule has 3 heterocycles. The van der Waals surface area contributed by atoms with E-state index in [-0.39, 0.29) is 29.9 Å². The Labute approximate surface area is 171 Å². The van der Waals surface area contributed by atoms with E-state index in [1.165, 1.54) is 12.1 Å². The Morgan fingerprint density at radius 1 is 1.17 bits per heavy atom. The minimum Gasteiger partial charge on any atom is -0.368 e.